The van der Waals surface area contributed by atoms with Gasteiger partial charge in [0.05, 0.1) is 28.2 Å². The number of halogens is 2. The third-order valence-electron chi connectivity index (χ3n) is 5.51. The van der Waals surface area contributed by atoms with Crippen LogP contribution >= 0.6 is 23.2 Å². The van der Waals surface area contributed by atoms with Gasteiger partial charge in [0.25, 0.3) is 11.8 Å². The highest BCUT2D eigenvalue weighted by molar-refractivity contribution is 6.31. The Labute approximate surface area is 207 Å². The van der Waals surface area contributed by atoms with Gasteiger partial charge in [0.2, 0.25) is 0 Å². The summed E-state index contributed by atoms with van der Waals surface area (Å²) >= 11 is 11.9. The molecule has 1 fully saturated rings. The molecule has 4 rings (SSSR count). The molecule has 1 saturated heterocycles. The minimum Gasteiger partial charge on any atom is -0.369 e. The van der Waals surface area contributed by atoms with Crippen LogP contribution in [0.2, 0.25) is 10.0 Å². The van der Waals surface area contributed by atoms with E-state index < -0.39 is 11.8 Å². The molecule has 8 nitrogen and oxygen atoms in total. The summed E-state index contributed by atoms with van der Waals surface area (Å²) in [4.78, 5) is 38.7. The van der Waals surface area contributed by atoms with Crippen molar-refractivity contribution < 1.29 is 9.59 Å². The van der Waals surface area contributed by atoms with Gasteiger partial charge in [0, 0.05) is 30.9 Å². The maximum atomic E-state index is 12.9. The monoisotopic (exact) mass is 498 g/mol. The first-order chi connectivity index (χ1) is 16.4. The number of hydrogen-bond donors (Lipinski definition) is 2. The summed E-state index contributed by atoms with van der Waals surface area (Å²) in [7, 11) is 2.12. The topological polar surface area (TPSA) is 90.5 Å². The van der Waals surface area contributed by atoms with Crippen molar-refractivity contribution in [1.29, 1.82) is 0 Å². The third kappa shape index (κ3) is 6.02. The van der Waals surface area contributed by atoms with E-state index in [1.165, 1.54) is 12.3 Å². The molecule has 0 aliphatic carbocycles. The SMILES string of the molecule is CN1CCCN(c2ccc(C(=O)Nc3ccc(Cl)cc3C(=O)Nc3ccc(Cl)cn3)nc2)CC1. The number of aromatic nitrogens is 2. The summed E-state index contributed by atoms with van der Waals surface area (Å²) in [5.74, 6) is -0.575. The second kappa shape index (κ2) is 10.8. The first kappa shape index (κ1) is 23.9. The van der Waals surface area contributed by atoms with E-state index in [0.29, 0.717) is 21.6 Å². The van der Waals surface area contributed by atoms with E-state index in [1.807, 2.05) is 6.07 Å². The second-order valence-corrected chi connectivity index (χ2v) is 8.88. The minimum atomic E-state index is -0.470. The number of nitrogens with one attached hydrogen (secondary N) is 2. The molecule has 1 aliphatic rings. The molecule has 3 aromatic rings. The molecule has 0 unspecified atom stereocenters. The molecule has 10 heteroatoms. The van der Waals surface area contributed by atoms with Crippen LogP contribution in [0.4, 0.5) is 17.2 Å². The van der Waals surface area contributed by atoms with Crippen LogP contribution < -0.4 is 15.5 Å². The van der Waals surface area contributed by atoms with Crippen LogP contribution in [0.5, 0.6) is 0 Å². The predicted octanol–water partition coefficient (Wildman–Crippen LogP) is 4.43. The molecule has 34 heavy (non-hydrogen) atoms. The fourth-order valence-electron chi connectivity index (χ4n) is 3.65. The molecule has 1 aromatic carbocycles. The molecule has 0 radical (unpaired) electrons. The molecule has 0 spiro atoms. The van der Waals surface area contributed by atoms with Gasteiger partial charge in [0.1, 0.15) is 11.5 Å². The first-order valence-corrected chi connectivity index (χ1v) is 11.6. The summed E-state index contributed by atoms with van der Waals surface area (Å²) in [6, 6.07) is 11.4. The Bertz CT molecular complexity index is 1170. The van der Waals surface area contributed by atoms with Gasteiger partial charge < -0.3 is 20.4 Å². The smallest absolute Gasteiger partial charge is 0.274 e. The zero-order valence-electron chi connectivity index (χ0n) is 18.6. The van der Waals surface area contributed by atoms with Gasteiger partial charge >= 0.3 is 0 Å². The van der Waals surface area contributed by atoms with Crippen LogP contribution in [0.1, 0.15) is 27.3 Å². The van der Waals surface area contributed by atoms with Crippen molar-refractivity contribution in [3.63, 3.8) is 0 Å². The van der Waals surface area contributed by atoms with Crippen LogP contribution in [-0.4, -0.2) is 59.9 Å². The normalized spacial score (nSPS) is 14.4. The quantitative estimate of drug-likeness (QED) is 0.540. The van der Waals surface area contributed by atoms with Crippen molar-refractivity contribution in [2.24, 2.45) is 0 Å². The van der Waals surface area contributed by atoms with Crippen molar-refractivity contribution >= 4 is 52.2 Å². The molecule has 0 bridgehead atoms. The molecule has 0 saturated carbocycles. The fourth-order valence-corrected chi connectivity index (χ4v) is 3.93. The van der Waals surface area contributed by atoms with E-state index in [4.69, 9.17) is 23.2 Å². The van der Waals surface area contributed by atoms with E-state index in [9.17, 15) is 9.59 Å². The second-order valence-electron chi connectivity index (χ2n) is 8.01. The Kier molecular flexibility index (Phi) is 7.62. The van der Waals surface area contributed by atoms with Gasteiger partial charge in [-0.15, -0.1) is 0 Å². The van der Waals surface area contributed by atoms with Crippen molar-refractivity contribution in [1.82, 2.24) is 14.9 Å². The molecule has 2 N–H and O–H groups in total. The molecular weight excluding hydrogens is 475 g/mol. The van der Waals surface area contributed by atoms with Crippen molar-refractivity contribution in [2.45, 2.75) is 6.42 Å². The molecule has 2 aromatic heterocycles. The lowest BCUT2D eigenvalue weighted by Gasteiger charge is -2.22. The summed E-state index contributed by atoms with van der Waals surface area (Å²) in [6.07, 6.45) is 4.21. The largest absolute Gasteiger partial charge is 0.369 e. The summed E-state index contributed by atoms with van der Waals surface area (Å²) in [5.41, 5.74) is 1.73. The first-order valence-electron chi connectivity index (χ1n) is 10.8. The molecule has 0 atom stereocenters. The average molecular weight is 499 g/mol. The van der Waals surface area contributed by atoms with E-state index in [0.717, 1.165) is 38.3 Å². The molecule has 2 amide bonds. The number of pyridine rings is 2. The van der Waals surface area contributed by atoms with Crippen molar-refractivity contribution in [2.75, 3.05) is 48.8 Å². The lowest BCUT2D eigenvalue weighted by molar-refractivity contribution is 0.102. The highest BCUT2D eigenvalue weighted by Gasteiger charge is 2.18. The van der Waals surface area contributed by atoms with Crippen LogP contribution in [0.3, 0.4) is 0 Å². The number of likely N-dealkylation sites (N-methyl/N-ethyl adjacent to an activating group) is 1. The van der Waals surface area contributed by atoms with Gasteiger partial charge in [-0.2, -0.15) is 0 Å². The van der Waals surface area contributed by atoms with Crippen LogP contribution in [0.25, 0.3) is 0 Å². The highest BCUT2D eigenvalue weighted by atomic mass is 35.5. The Morgan fingerprint density at radius 3 is 2.41 bits per heavy atom. The average Bonchev–Trinajstić information content (AvgIpc) is 3.06. The Morgan fingerprint density at radius 1 is 0.853 bits per heavy atom. The maximum absolute atomic E-state index is 12.9. The van der Waals surface area contributed by atoms with Gasteiger partial charge in [-0.25, -0.2) is 9.97 Å². The standard InChI is InChI=1S/C24H24Cl2N6O2/c1-31-9-2-10-32(12-11-31)18-5-7-21(27-15-18)24(34)29-20-6-3-16(25)13-19(20)23(33)30-22-8-4-17(26)14-28-22/h3-8,13-15H,2,9-12H2,1H3,(H,29,34)(H,28,30,33). The van der Waals surface area contributed by atoms with E-state index >= 15 is 0 Å². The Hall–Kier alpha value is -3.20. The molecular formula is C24H24Cl2N6O2. The van der Waals surface area contributed by atoms with E-state index in [1.54, 1.807) is 36.5 Å². The molecule has 1 aliphatic heterocycles. The maximum Gasteiger partial charge on any atom is 0.274 e. The molecule has 176 valence electrons. The zero-order valence-corrected chi connectivity index (χ0v) is 20.1. The van der Waals surface area contributed by atoms with Crippen molar-refractivity contribution in [3.05, 3.63) is 76.2 Å². The van der Waals surface area contributed by atoms with Gasteiger partial charge in [-0.3, -0.25) is 9.59 Å². The number of carbonyl (C=O) groups is 2. The number of rotatable bonds is 5. The van der Waals surface area contributed by atoms with Gasteiger partial charge in [-0.1, -0.05) is 23.2 Å². The lowest BCUT2D eigenvalue weighted by Crippen LogP contribution is -2.28. The Balaban J connectivity index is 1.47. The van der Waals surface area contributed by atoms with E-state index in [-0.39, 0.29) is 11.3 Å². The lowest BCUT2D eigenvalue weighted by atomic mass is 10.1. The summed E-state index contributed by atoms with van der Waals surface area (Å²) in [6.45, 7) is 3.91. The van der Waals surface area contributed by atoms with Gasteiger partial charge in [0.15, 0.2) is 0 Å². The number of nitrogens with zero attached hydrogens (tertiary/aromatic N) is 4. The Morgan fingerprint density at radius 2 is 1.68 bits per heavy atom. The zero-order chi connectivity index (χ0) is 24.1. The number of hydrogen-bond acceptors (Lipinski definition) is 6. The predicted molar refractivity (Wildman–Crippen MR) is 135 cm³/mol. The van der Waals surface area contributed by atoms with Crippen LogP contribution in [-0.2, 0) is 0 Å². The third-order valence-corrected chi connectivity index (χ3v) is 5.97. The number of carbonyl (C=O) groups excluding carboxylic acids is 2. The number of benzene rings is 1. The minimum absolute atomic E-state index is 0.197. The van der Waals surface area contributed by atoms with Crippen LogP contribution in [0, 0.1) is 0 Å². The summed E-state index contributed by atoms with van der Waals surface area (Å²) < 4.78 is 0. The highest BCUT2D eigenvalue weighted by Crippen LogP contribution is 2.23. The van der Waals surface area contributed by atoms with Crippen molar-refractivity contribution in [3.8, 4) is 0 Å². The fraction of sp³-hybridized carbons (Fsp3) is 0.250. The molecule has 3 heterocycles. The van der Waals surface area contributed by atoms with E-state index in [2.05, 4.69) is 37.4 Å². The van der Waals surface area contributed by atoms with Gasteiger partial charge in [-0.05, 0) is 62.5 Å². The number of amides is 2. The van der Waals surface area contributed by atoms with Crippen LogP contribution in [0.15, 0.2) is 54.9 Å². The summed E-state index contributed by atoms with van der Waals surface area (Å²) in [5, 5.41) is 6.25. The number of anilines is 3.